The highest BCUT2D eigenvalue weighted by Crippen LogP contribution is 2.44. The molecule has 18 heavy (non-hydrogen) atoms. The Bertz CT molecular complexity index is 512. The van der Waals surface area contributed by atoms with E-state index in [0.717, 1.165) is 17.7 Å². The highest BCUT2D eigenvalue weighted by molar-refractivity contribution is 5.47. The van der Waals surface area contributed by atoms with E-state index < -0.39 is 11.5 Å². The minimum atomic E-state index is -0.841. The molecule has 3 heteroatoms. The summed E-state index contributed by atoms with van der Waals surface area (Å²) in [5, 5.41) is 19.5. The van der Waals surface area contributed by atoms with E-state index in [1.54, 1.807) is 13.8 Å². The number of nitriles is 1. The van der Waals surface area contributed by atoms with E-state index in [4.69, 9.17) is 10.00 Å². The number of nitrogens with zero attached hydrogens (tertiary/aromatic N) is 1. The van der Waals surface area contributed by atoms with Gasteiger partial charge < -0.3 is 9.84 Å². The van der Waals surface area contributed by atoms with Crippen molar-refractivity contribution in [1.82, 2.24) is 0 Å². The largest absolute Gasteiger partial charge is 0.487 e. The molecule has 0 spiro atoms. The molecule has 1 aliphatic rings. The van der Waals surface area contributed by atoms with Gasteiger partial charge in [-0.1, -0.05) is 18.2 Å². The third-order valence-electron chi connectivity index (χ3n) is 3.39. The highest BCUT2D eigenvalue weighted by atomic mass is 16.5. The molecule has 1 aromatic rings. The van der Waals surface area contributed by atoms with Gasteiger partial charge in [0.05, 0.1) is 11.5 Å². The summed E-state index contributed by atoms with van der Waals surface area (Å²) < 4.78 is 5.92. The topological polar surface area (TPSA) is 53.2 Å². The number of hydrogen-bond acceptors (Lipinski definition) is 3. The molecule has 1 aliphatic heterocycles. The summed E-state index contributed by atoms with van der Waals surface area (Å²) in [6, 6.07) is 7.91. The highest BCUT2D eigenvalue weighted by Gasteiger charge is 2.37. The molecular weight excluding hydrogens is 226 g/mol. The van der Waals surface area contributed by atoms with Crippen LogP contribution in [0.4, 0.5) is 0 Å². The van der Waals surface area contributed by atoms with E-state index in [-0.39, 0.29) is 5.60 Å². The number of aliphatic hydroxyl groups excluding tert-OH is 1. The van der Waals surface area contributed by atoms with Crippen LogP contribution in [0, 0.1) is 16.7 Å². The lowest BCUT2D eigenvalue weighted by Crippen LogP contribution is -2.25. The summed E-state index contributed by atoms with van der Waals surface area (Å²) in [4.78, 5) is 0. The maximum atomic E-state index is 10.4. The number of benzene rings is 1. The van der Waals surface area contributed by atoms with Gasteiger partial charge in [-0.15, -0.1) is 0 Å². The molecular formula is C15H19NO2. The number of rotatable bonds is 2. The van der Waals surface area contributed by atoms with E-state index >= 15 is 0 Å². The average Bonchev–Trinajstić information content (AvgIpc) is 2.61. The van der Waals surface area contributed by atoms with Gasteiger partial charge in [0.25, 0.3) is 0 Å². The van der Waals surface area contributed by atoms with Crippen LogP contribution in [0.5, 0.6) is 5.75 Å². The van der Waals surface area contributed by atoms with E-state index in [2.05, 4.69) is 6.07 Å². The fraction of sp³-hybridized carbons (Fsp3) is 0.533. The van der Waals surface area contributed by atoms with Crippen LogP contribution in [0.1, 0.15) is 44.9 Å². The van der Waals surface area contributed by atoms with Crippen molar-refractivity contribution >= 4 is 0 Å². The van der Waals surface area contributed by atoms with Crippen molar-refractivity contribution in [3.05, 3.63) is 29.3 Å². The summed E-state index contributed by atoms with van der Waals surface area (Å²) in [7, 11) is 0. The summed E-state index contributed by atoms with van der Waals surface area (Å²) >= 11 is 0. The van der Waals surface area contributed by atoms with E-state index in [9.17, 15) is 5.11 Å². The zero-order valence-corrected chi connectivity index (χ0v) is 11.3. The number of aliphatic hydroxyl groups is 1. The Kier molecular flexibility index (Phi) is 2.87. The number of ether oxygens (including phenoxy) is 1. The van der Waals surface area contributed by atoms with Crippen molar-refractivity contribution in [2.75, 3.05) is 0 Å². The lowest BCUT2D eigenvalue weighted by Gasteiger charge is -2.25. The Morgan fingerprint density at radius 1 is 1.44 bits per heavy atom. The van der Waals surface area contributed by atoms with Gasteiger partial charge >= 0.3 is 0 Å². The summed E-state index contributed by atoms with van der Waals surface area (Å²) in [6.45, 7) is 7.52. The molecule has 1 heterocycles. The first-order chi connectivity index (χ1) is 8.27. The first-order valence-electron chi connectivity index (χ1n) is 6.17. The molecule has 1 unspecified atom stereocenters. The third kappa shape index (κ3) is 2.09. The first-order valence-corrected chi connectivity index (χ1v) is 6.17. The Morgan fingerprint density at radius 3 is 2.72 bits per heavy atom. The van der Waals surface area contributed by atoms with Crippen molar-refractivity contribution in [3.8, 4) is 11.8 Å². The molecule has 1 aromatic carbocycles. The molecule has 0 bridgehead atoms. The molecule has 0 amide bonds. The van der Waals surface area contributed by atoms with Gasteiger partial charge in [0, 0.05) is 12.0 Å². The van der Waals surface area contributed by atoms with E-state index in [0.29, 0.717) is 5.56 Å². The van der Waals surface area contributed by atoms with Crippen LogP contribution < -0.4 is 4.74 Å². The fourth-order valence-corrected chi connectivity index (χ4v) is 2.30. The molecule has 1 atom stereocenters. The Morgan fingerprint density at radius 2 is 2.11 bits per heavy atom. The lowest BCUT2D eigenvalue weighted by atomic mass is 9.83. The van der Waals surface area contributed by atoms with Crippen molar-refractivity contribution in [2.24, 2.45) is 5.41 Å². The van der Waals surface area contributed by atoms with Crippen molar-refractivity contribution in [1.29, 1.82) is 5.26 Å². The minimum absolute atomic E-state index is 0.241. The number of fused-ring (bicyclic) bond motifs is 1. The van der Waals surface area contributed by atoms with Crippen molar-refractivity contribution in [2.45, 2.75) is 45.8 Å². The molecule has 2 rings (SSSR count). The summed E-state index contributed by atoms with van der Waals surface area (Å²) in [6.07, 6.45) is -0.0121. The predicted octanol–water partition coefficient (Wildman–Crippen LogP) is 2.98. The average molecular weight is 245 g/mol. The molecule has 1 N–H and O–H groups in total. The molecule has 0 saturated carbocycles. The van der Waals surface area contributed by atoms with Crippen LogP contribution in [-0.2, 0) is 6.42 Å². The van der Waals surface area contributed by atoms with Gasteiger partial charge in [-0.25, -0.2) is 0 Å². The second kappa shape index (κ2) is 4.00. The second-order valence-corrected chi connectivity index (χ2v) is 6.11. The quantitative estimate of drug-likeness (QED) is 0.871. The zero-order valence-electron chi connectivity index (χ0n) is 11.3. The molecule has 3 nitrogen and oxygen atoms in total. The maximum absolute atomic E-state index is 10.4. The smallest absolute Gasteiger partial charge is 0.129 e. The van der Waals surface area contributed by atoms with E-state index in [1.165, 1.54) is 0 Å². The van der Waals surface area contributed by atoms with Crippen LogP contribution in [0.3, 0.4) is 0 Å². The Balaban J connectivity index is 2.45. The molecule has 0 radical (unpaired) electrons. The van der Waals surface area contributed by atoms with Crippen LogP contribution in [0.15, 0.2) is 18.2 Å². The zero-order chi connectivity index (χ0) is 13.6. The Hall–Kier alpha value is -1.53. The van der Waals surface area contributed by atoms with Crippen LogP contribution in [0.2, 0.25) is 0 Å². The third-order valence-corrected chi connectivity index (χ3v) is 3.39. The van der Waals surface area contributed by atoms with Gasteiger partial charge in [-0.2, -0.15) is 5.26 Å². The maximum Gasteiger partial charge on any atom is 0.129 e. The Labute approximate surface area is 108 Å². The number of hydrogen-bond donors (Lipinski definition) is 1. The van der Waals surface area contributed by atoms with Crippen LogP contribution in [-0.4, -0.2) is 10.7 Å². The molecule has 0 aromatic heterocycles. The van der Waals surface area contributed by atoms with Crippen molar-refractivity contribution in [3.63, 3.8) is 0 Å². The van der Waals surface area contributed by atoms with Gasteiger partial charge in [0.15, 0.2) is 0 Å². The van der Waals surface area contributed by atoms with Gasteiger partial charge in [0.1, 0.15) is 17.5 Å². The van der Waals surface area contributed by atoms with Gasteiger partial charge in [-0.05, 0) is 33.3 Å². The molecule has 96 valence electrons. The summed E-state index contributed by atoms with van der Waals surface area (Å²) in [5.41, 5.74) is 0.745. The predicted molar refractivity (Wildman–Crippen MR) is 69.2 cm³/mol. The van der Waals surface area contributed by atoms with Crippen molar-refractivity contribution < 1.29 is 9.84 Å². The van der Waals surface area contributed by atoms with E-state index in [1.807, 2.05) is 32.0 Å². The normalized spacial score (nSPS) is 18.7. The first kappa shape index (κ1) is 12.9. The van der Waals surface area contributed by atoms with Gasteiger partial charge in [0.2, 0.25) is 0 Å². The monoisotopic (exact) mass is 245 g/mol. The summed E-state index contributed by atoms with van der Waals surface area (Å²) in [5.74, 6) is 0.748. The fourth-order valence-electron chi connectivity index (χ4n) is 2.30. The standard InChI is InChI=1S/C15H19NO2/c1-14(2,9-16)13(17)11-7-5-6-10-8-15(3,4)18-12(10)11/h5-7,13,17H,8H2,1-4H3. The van der Waals surface area contributed by atoms with Crippen LogP contribution >= 0.6 is 0 Å². The van der Waals surface area contributed by atoms with Crippen LogP contribution in [0.25, 0.3) is 0 Å². The van der Waals surface area contributed by atoms with Gasteiger partial charge in [-0.3, -0.25) is 0 Å². The number of para-hydroxylation sites is 1. The molecule has 0 fully saturated rings. The molecule has 0 aliphatic carbocycles. The second-order valence-electron chi connectivity index (χ2n) is 6.11. The minimum Gasteiger partial charge on any atom is -0.487 e. The SMILES string of the molecule is CC1(C)Cc2cccc(C(O)C(C)(C)C#N)c2O1. The molecule has 0 saturated heterocycles. The lowest BCUT2D eigenvalue weighted by molar-refractivity contribution is 0.0772.